The lowest BCUT2D eigenvalue weighted by Crippen LogP contribution is -2.44. The summed E-state index contributed by atoms with van der Waals surface area (Å²) in [5, 5.41) is 7.90. The predicted octanol–water partition coefficient (Wildman–Crippen LogP) is 0.873. The highest BCUT2D eigenvalue weighted by molar-refractivity contribution is 7.91. The van der Waals surface area contributed by atoms with Crippen LogP contribution < -0.4 is 10.6 Å². The maximum Gasteiger partial charge on any atom is 0.252 e. The summed E-state index contributed by atoms with van der Waals surface area (Å²) in [6.45, 7) is 3.53. The number of likely N-dealkylation sites (N-methyl/N-ethyl adjacent to an activating group) is 1. The average molecular weight is 345 g/mol. The van der Waals surface area contributed by atoms with E-state index in [1.807, 2.05) is 0 Å². The van der Waals surface area contributed by atoms with Gasteiger partial charge in [-0.05, 0) is 37.8 Å². The van der Waals surface area contributed by atoms with Crippen molar-refractivity contribution in [2.45, 2.75) is 30.0 Å². The van der Waals surface area contributed by atoms with Gasteiger partial charge in [0.05, 0.1) is 0 Å². The van der Waals surface area contributed by atoms with Gasteiger partial charge in [0.15, 0.2) is 0 Å². The number of rotatable bonds is 6. The van der Waals surface area contributed by atoms with Gasteiger partial charge < -0.3 is 10.6 Å². The van der Waals surface area contributed by atoms with Gasteiger partial charge in [-0.1, -0.05) is 6.07 Å². The van der Waals surface area contributed by atoms with Crippen molar-refractivity contribution >= 4 is 27.3 Å². The molecule has 1 saturated heterocycles. The molecule has 1 aliphatic rings. The van der Waals surface area contributed by atoms with Gasteiger partial charge in [0.1, 0.15) is 4.21 Å². The summed E-state index contributed by atoms with van der Waals surface area (Å²) in [5.41, 5.74) is 0. The molecule has 1 aromatic rings. The molecule has 2 atom stereocenters. The zero-order valence-corrected chi connectivity index (χ0v) is 14.5. The van der Waals surface area contributed by atoms with E-state index in [9.17, 15) is 13.2 Å². The molecule has 8 heteroatoms. The van der Waals surface area contributed by atoms with E-state index in [1.165, 1.54) is 22.7 Å². The molecular weight excluding hydrogens is 322 g/mol. The minimum Gasteiger partial charge on any atom is -0.355 e. The van der Waals surface area contributed by atoms with E-state index >= 15 is 0 Å². The molecule has 0 spiro atoms. The standard InChI is InChI=1S/C14H23N3O3S2/c1-11-10-12(5-6-15-11)14(18)16-7-8-17(2)22(19,20)13-4-3-9-21-13/h3-4,9,11-12,15H,5-8,10H2,1-2H3,(H,16,18)/t11-,12-/m0/s1. The lowest BCUT2D eigenvalue weighted by Gasteiger charge is -2.27. The van der Waals surface area contributed by atoms with Crippen LogP contribution in [0.4, 0.5) is 0 Å². The van der Waals surface area contributed by atoms with Crippen LogP contribution in [0.1, 0.15) is 19.8 Å². The second kappa shape index (κ2) is 7.54. The first-order chi connectivity index (χ1) is 10.4. The summed E-state index contributed by atoms with van der Waals surface area (Å²) >= 11 is 1.20. The van der Waals surface area contributed by atoms with Crippen LogP contribution in [0.3, 0.4) is 0 Å². The van der Waals surface area contributed by atoms with Crippen LogP contribution in [-0.4, -0.2) is 51.4 Å². The monoisotopic (exact) mass is 345 g/mol. The van der Waals surface area contributed by atoms with Gasteiger partial charge in [0.2, 0.25) is 5.91 Å². The van der Waals surface area contributed by atoms with E-state index < -0.39 is 10.0 Å². The third-order valence-corrected chi connectivity index (χ3v) is 7.11. The number of carbonyl (C=O) groups excluding carboxylic acids is 1. The van der Waals surface area contributed by atoms with Crippen LogP contribution >= 0.6 is 11.3 Å². The van der Waals surface area contributed by atoms with Gasteiger partial charge in [-0.3, -0.25) is 4.79 Å². The Morgan fingerprint density at radius 2 is 2.32 bits per heavy atom. The Bertz CT molecular complexity index is 586. The van der Waals surface area contributed by atoms with E-state index in [-0.39, 0.29) is 18.4 Å². The number of amides is 1. The molecule has 1 amide bonds. The van der Waals surface area contributed by atoms with Crippen molar-refractivity contribution in [3.05, 3.63) is 17.5 Å². The zero-order chi connectivity index (χ0) is 16.2. The number of carbonyl (C=O) groups is 1. The molecule has 1 fully saturated rings. The van der Waals surface area contributed by atoms with Crippen molar-refractivity contribution in [1.29, 1.82) is 0 Å². The molecular formula is C14H23N3O3S2. The Morgan fingerprint density at radius 1 is 1.55 bits per heavy atom. The summed E-state index contributed by atoms with van der Waals surface area (Å²) in [7, 11) is -1.90. The average Bonchev–Trinajstić information content (AvgIpc) is 3.01. The second-order valence-electron chi connectivity index (χ2n) is 5.63. The molecule has 124 valence electrons. The van der Waals surface area contributed by atoms with E-state index in [1.54, 1.807) is 17.5 Å². The topological polar surface area (TPSA) is 78.5 Å². The number of sulfonamides is 1. The first-order valence-electron chi connectivity index (χ1n) is 7.42. The van der Waals surface area contributed by atoms with Crippen LogP contribution in [0.5, 0.6) is 0 Å². The molecule has 2 rings (SSSR count). The number of nitrogens with one attached hydrogen (secondary N) is 2. The Kier molecular flexibility index (Phi) is 5.96. The summed E-state index contributed by atoms with van der Waals surface area (Å²) in [5.74, 6) is 0.0470. The molecule has 0 bridgehead atoms. The quantitative estimate of drug-likeness (QED) is 0.802. The van der Waals surface area contributed by atoms with Gasteiger partial charge in [-0.25, -0.2) is 8.42 Å². The minimum absolute atomic E-state index is 0.0234. The number of thiophene rings is 1. The molecule has 0 aromatic carbocycles. The van der Waals surface area contributed by atoms with E-state index in [4.69, 9.17) is 0 Å². The summed E-state index contributed by atoms with van der Waals surface area (Å²) in [6, 6.07) is 3.66. The zero-order valence-electron chi connectivity index (χ0n) is 12.9. The normalized spacial score (nSPS) is 22.7. The predicted molar refractivity (Wildman–Crippen MR) is 87.3 cm³/mol. The first-order valence-corrected chi connectivity index (χ1v) is 9.74. The first kappa shape index (κ1) is 17.4. The summed E-state index contributed by atoms with van der Waals surface area (Å²) in [4.78, 5) is 12.1. The second-order valence-corrected chi connectivity index (χ2v) is 8.85. The molecule has 0 aliphatic carbocycles. The molecule has 1 aromatic heterocycles. The fraction of sp³-hybridized carbons (Fsp3) is 0.643. The van der Waals surface area contributed by atoms with Crippen molar-refractivity contribution in [2.24, 2.45) is 5.92 Å². The molecule has 0 saturated carbocycles. The van der Waals surface area contributed by atoms with Crippen molar-refractivity contribution in [2.75, 3.05) is 26.7 Å². The Balaban J connectivity index is 1.79. The SMILES string of the molecule is C[C@H]1C[C@@H](C(=O)NCCN(C)S(=O)(=O)c2cccs2)CCN1. The van der Waals surface area contributed by atoms with Crippen molar-refractivity contribution in [3.63, 3.8) is 0 Å². The highest BCUT2D eigenvalue weighted by atomic mass is 32.2. The highest BCUT2D eigenvalue weighted by Crippen LogP contribution is 2.19. The lowest BCUT2D eigenvalue weighted by molar-refractivity contribution is -0.126. The molecule has 2 N–H and O–H groups in total. The van der Waals surface area contributed by atoms with Crippen LogP contribution in [-0.2, 0) is 14.8 Å². The third kappa shape index (κ3) is 4.28. The lowest BCUT2D eigenvalue weighted by atomic mass is 9.92. The van der Waals surface area contributed by atoms with Crippen LogP contribution in [0.15, 0.2) is 21.7 Å². The minimum atomic E-state index is -3.44. The maximum absolute atomic E-state index is 12.2. The van der Waals surface area contributed by atoms with Crippen LogP contribution in [0.2, 0.25) is 0 Å². The van der Waals surface area contributed by atoms with Crippen molar-refractivity contribution < 1.29 is 13.2 Å². The van der Waals surface area contributed by atoms with Gasteiger partial charge in [-0.2, -0.15) is 4.31 Å². The fourth-order valence-electron chi connectivity index (χ4n) is 2.53. The highest BCUT2D eigenvalue weighted by Gasteiger charge is 2.25. The summed E-state index contributed by atoms with van der Waals surface area (Å²) < 4.78 is 26.1. The van der Waals surface area contributed by atoms with Gasteiger partial charge >= 0.3 is 0 Å². The fourth-order valence-corrected chi connectivity index (χ4v) is 4.91. The molecule has 1 aliphatic heterocycles. The Labute approximate surface area is 135 Å². The molecule has 22 heavy (non-hydrogen) atoms. The molecule has 2 heterocycles. The molecule has 0 radical (unpaired) electrons. The number of hydrogen-bond acceptors (Lipinski definition) is 5. The van der Waals surface area contributed by atoms with E-state index in [2.05, 4.69) is 17.6 Å². The maximum atomic E-state index is 12.2. The summed E-state index contributed by atoms with van der Waals surface area (Å²) in [6.07, 6.45) is 1.66. The molecule has 0 unspecified atom stereocenters. The van der Waals surface area contributed by atoms with Crippen molar-refractivity contribution in [1.82, 2.24) is 14.9 Å². The Hall–Kier alpha value is -0.960. The molecule has 6 nitrogen and oxygen atoms in total. The van der Waals surface area contributed by atoms with E-state index in [0.29, 0.717) is 16.8 Å². The number of nitrogens with zero attached hydrogens (tertiary/aromatic N) is 1. The van der Waals surface area contributed by atoms with Gasteiger partial charge in [-0.15, -0.1) is 11.3 Å². The van der Waals surface area contributed by atoms with Gasteiger partial charge in [0, 0.05) is 32.1 Å². The van der Waals surface area contributed by atoms with Crippen LogP contribution in [0.25, 0.3) is 0 Å². The largest absolute Gasteiger partial charge is 0.355 e. The third-order valence-electron chi connectivity index (χ3n) is 3.88. The van der Waals surface area contributed by atoms with Crippen LogP contribution in [0, 0.1) is 5.92 Å². The van der Waals surface area contributed by atoms with E-state index in [0.717, 1.165) is 19.4 Å². The Morgan fingerprint density at radius 3 is 2.95 bits per heavy atom. The van der Waals surface area contributed by atoms with Crippen molar-refractivity contribution in [3.8, 4) is 0 Å². The van der Waals surface area contributed by atoms with Gasteiger partial charge in [0.25, 0.3) is 10.0 Å². The number of hydrogen-bond donors (Lipinski definition) is 2. The number of piperidine rings is 1. The smallest absolute Gasteiger partial charge is 0.252 e.